The van der Waals surface area contributed by atoms with Crippen LogP contribution in [0.2, 0.25) is 0 Å². The third-order valence-electron chi connectivity index (χ3n) is 5.81. The van der Waals surface area contributed by atoms with Crippen molar-refractivity contribution in [2.24, 2.45) is 0 Å². The first-order valence-corrected chi connectivity index (χ1v) is 11.3. The normalized spacial score (nSPS) is 11.7. The number of aromatic nitrogens is 1. The van der Waals surface area contributed by atoms with Gasteiger partial charge in [0, 0.05) is 17.1 Å². The van der Waals surface area contributed by atoms with Gasteiger partial charge in [-0.1, -0.05) is 55.8 Å². The Bertz CT molecular complexity index is 1250. The second kappa shape index (κ2) is 10.2. The zero-order valence-corrected chi connectivity index (χ0v) is 18.8. The Morgan fingerprint density at radius 1 is 0.824 bits per heavy atom. The van der Waals surface area contributed by atoms with E-state index in [1.807, 2.05) is 30.5 Å². The molecule has 0 spiro atoms. The van der Waals surface area contributed by atoms with Crippen molar-refractivity contribution in [1.29, 1.82) is 0 Å². The van der Waals surface area contributed by atoms with Crippen molar-refractivity contribution in [3.63, 3.8) is 0 Å². The molecule has 4 rings (SSSR count). The maximum absolute atomic E-state index is 15.2. The molecule has 34 heavy (non-hydrogen) atoms. The van der Waals surface area contributed by atoms with Crippen molar-refractivity contribution < 1.29 is 22.3 Å². The summed E-state index contributed by atoms with van der Waals surface area (Å²) in [5.41, 5.74) is 4.36. The third-order valence-corrected chi connectivity index (χ3v) is 5.81. The molecule has 2 nitrogen and oxygen atoms in total. The second-order valence-corrected chi connectivity index (χ2v) is 8.32. The molecule has 0 radical (unpaired) electrons. The summed E-state index contributed by atoms with van der Waals surface area (Å²) < 4.78 is 55.9. The number of hydrogen-bond acceptors (Lipinski definition) is 2. The molecule has 0 amide bonds. The van der Waals surface area contributed by atoms with Crippen molar-refractivity contribution >= 4 is 10.8 Å². The Labute approximate surface area is 196 Å². The fourth-order valence-electron chi connectivity index (χ4n) is 3.95. The lowest BCUT2D eigenvalue weighted by Crippen LogP contribution is -2.17. The van der Waals surface area contributed by atoms with Crippen molar-refractivity contribution in [3.05, 3.63) is 95.4 Å². The molecule has 176 valence electrons. The number of nitrogens with zero attached hydrogens (tertiary/aromatic N) is 1. The molecule has 0 aliphatic heterocycles. The molecule has 0 fully saturated rings. The third kappa shape index (κ3) is 5.93. The minimum Gasteiger partial charge on any atom is -0.406 e. The van der Waals surface area contributed by atoms with E-state index in [0.717, 1.165) is 41.5 Å². The molecular formula is C28H25F4NO. The fourth-order valence-corrected chi connectivity index (χ4v) is 3.95. The number of hydrogen-bond donors (Lipinski definition) is 0. The van der Waals surface area contributed by atoms with Crippen LogP contribution in [0.3, 0.4) is 0 Å². The highest BCUT2D eigenvalue weighted by Gasteiger charge is 2.30. The van der Waals surface area contributed by atoms with Crippen LogP contribution in [0.5, 0.6) is 5.75 Å². The van der Waals surface area contributed by atoms with Crippen LogP contribution >= 0.6 is 0 Å². The molecule has 0 N–H and O–H groups in total. The Morgan fingerprint density at radius 3 is 2.26 bits per heavy atom. The molecule has 0 saturated carbocycles. The first-order chi connectivity index (χ1) is 16.3. The maximum Gasteiger partial charge on any atom is 0.573 e. The van der Waals surface area contributed by atoms with Crippen molar-refractivity contribution in [1.82, 2.24) is 4.98 Å². The molecule has 0 atom stereocenters. The average molecular weight is 468 g/mol. The molecule has 0 aliphatic carbocycles. The highest BCUT2D eigenvalue weighted by Crippen LogP contribution is 2.28. The van der Waals surface area contributed by atoms with Crippen LogP contribution in [0.15, 0.2) is 72.9 Å². The lowest BCUT2D eigenvalue weighted by Gasteiger charge is -2.10. The van der Waals surface area contributed by atoms with Gasteiger partial charge in [-0.3, -0.25) is 4.98 Å². The lowest BCUT2D eigenvalue weighted by molar-refractivity contribution is -0.274. The number of fused-ring (bicyclic) bond motifs is 1. The van der Waals surface area contributed by atoms with E-state index in [2.05, 4.69) is 22.7 Å². The van der Waals surface area contributed by atoms with Crippen molar-refractivity contribution in [3.8, 4) is 17.0 Å². The van der Waals surface area contributed by atoms with E-state index in [0.29, 0.717) is 23.8 Å². The van der Waals surface area contributed by atoms with Gasteiger partial charge < -0.3 is 4.74 Å². The highest BCUT2D eigenvalue weighted by molar-refractivity contribution is 5.88. The summed E-state index contributed by atoms with van der Waals surface area (Å²) in [6.45, 7) is 2.16. The summed E-state index contributed by atoms with van der Waals surface area (Å²) >= 11 is 0. The molecule has 6 heteroatoms. The standard InChI is InChI=1S/C28H25F4NO/c1-2-3-4-20-8-16-26(33-18-20)23-12-15-25-22(17-23)11-10-21(27(25)29)9-5-19-6-13-24(14-7-19)34-28(30,31)32/h6-8,10-18H,2-5,9H2,1H3. The summed E-state index contributed by atoms with van der Waals surface area (Å²) in [4.78, 5) is 4.57. The van der Waals surface area contributed by atoms with E-state index < -0.39 is 6.36 Å². The summed E-state index contributed by atoms with van der Waals surface area (Å²) in [5.74, 6) is -0.544. The van der Waals surface area contributed by atoms with E-state index in [9.17, 15) is 13.2 Å². The second-order valence-electron chi connectivity index (χ2n) is 8.32. The van der Waals surface area contributed by atoms with Crippen LogP contribution in [0.25, 0.3) is 22.0 Å². The SMILES string of the molecule is CCCCc1ccc(-c2ccc3c(F)c(CCc4ccc(OC(F)(F)F)cc4)ccc3c2)nc1. The van der Waals surface area contributed by atoms with Gasteiger partial charge in [0.15, 0.2) is 0 Å². The number of benzene rings is 3. The predicted octanol–water partition coefficient (Wildman–Crippen LogP) is 8.07. The number of rotatable bonds is 8. The monoisotopic (exact) mass is 467 g/mol. The topological polar surface area (TPSA) is 22.1 Å². The van der Waals surface area contributed by atoms with Gasteiger partial charge in [-0.25, -0.2) is 4.39 Å². The molecule has 0 aliphatic rings. The van der Waals surface area contributed by atoms with Crippen LogP contribution in [0.1, 0.15) is 36.5 Å². The Balaban J connectivity index is 1.46. The molecule has 1 heterocycles. The van der Waals surface area contributed by atoms with Crippen LogP contribution < -0.4 is 4.74 Å². The number of alkyl halides is 3. The quantitative estimate of drug-likeness (QED) is 0.245. The van der Waals surface area contributed by atoms with Gasteiger partial charge in [-0.2, -0.15) is 0 Å². The maximum atomic E-state index is 15.2. The van der Waals surface area contributed by atoms with Gasteiger partial charge in [-0.05, 0) is 72.0 Å². The summed E-state index contributed by atoms with van der Waals surface area (Å²) in [6, 6.07) is 19.0. The molecule has 3 aromatic carbocycles. The van der Waals surface area contributed by atoms with E-state index in [1.54, 1.807) is 24.3 Å². The van der Waals surface area contributed by atoms with E-state index >= 15 is 4.39 Å². The first-order valence-electron chi connectivity index (χ1n) is 11.3. The predicted molar refractivity (Wildman–Crippen MR) is 126 cm³/mol. The van der Waals surface area contributed by atoms with Crippen molar-refractivity contribution in [2.75, 3.05) is 0 Å². The number of ether oxygens (including phenoxy) is 1. The zero-order chi connectivity index (χ0) is 24.1. The Hall–Kier alpha value is -3.41. The molecule has 0 bridgehead atoms. The minimum atomic E-state index is -4.72. The smallest absolute Gasteiger partial charge is 0.406 e. The van der Waals surface area contributed by atoms with Crippen LogP contribution in [0.4, 0.5) is 17.6 Å². The fraction of sp³-hybridized carbons (Fsp3) is 0.250. The summed E-state index contributed by atoms with van der Waals surface area (Å²) in [6.07, 6.45) is 1.41. The van der Waals surface area contributed by atoms with Gasteiger partial charge in [0.2, 0.25) is 0 Å². The van der Waals surface area contributed by atoms with Gasteiger partial charge in [0.05, 0.1) is 5.69 Å². The van der Waals surface area contributed by atoms with E-state index in [4.69, 9.17) is 0 Å². The van der Waals surface area contributed by atoms with E-state index in [-0.39, 0.29) is 11.6 Å². The van der Waals surface area contributed by atoms with Crippen LogP contribution in [0, 0.1) is 5.82 Å². The Morgan fingerprint density at radius 2 is 1.59 bits per heavy atom. The highest BCUT2D eigenvalue weighted by atomic mass is 19.4. The molecule has 0 unspecified atom stereocenters. The zero-order valence-electron chi connectivity index (χ0n) is 18.8. The number of pyridine rings is 1. The average Bonchev–Trinajstić information content (AvgIpc) is 2.82. The molecule has 0 saturated heterocycles. The Kier molecular flexibility index (Phi) is 7.15. The number of aryl methyl sites for hydroxylation is 3. The molecule has 4 aromatic rings. The van der Waals surface area contributed by atoms with Gasteiger partial charge in [0.25, 0.3) is 0 Å². The first kappa shape index (κ1) is 23.7. The van der Waals surface area contributed by atoms with Crippen LogP contribution in [-0.2, 0) is 19.3 Å². The van der Waals surface area contributed by atoms with E-state index in [1.165, 1.54) is 17.7 Å². The van der Waals surface area contributed by atoms with Gasteiger partial charge >= 0.3 is 6.36 Å². The van der Waals surface area contributed by atoms with Gasteiger partial charge in [-0.15, -0.1) is 13.2 Å². The largest absolute Gasteiger partial charge is 0.573 e. The molecular weight excluding hydrogens is 442 g/mol. The van der Waals surface area contributed by atoms with Crippen molar-refractivity contribution in [2.45, 2.75) is 45.4 Å². The minimum absolute atomic E-state index is 0.269. The molecule has 1 aromatic heterocycles. The van der Waals surface area contributed by atoms with Crippen LogP contribution in [-0.4, -0.2) is 11.3 Å². The number of unbranched alkanes of at least 4 members (excludes halogenated alkanes) is 1. The van der Waals surface area contributed by atoms with Gasteiger partial charge in [0.1, 0.15) is 11.6 Å². The number of halogens is 4. The summed E-state index contributed by atoms with van der Waals surface area (Å²) in [5, 5.41) is 1.33. The summed E-state index contributed by atoms with van der Waals surface area (Å²) in [7, 11) is 0. The lowest BCUT2D eigenvalue weighted by atomic mass is 9.98.